The second kappa shape index (κ2) is 17.3. The molecule has 0 radical (unpaired) electrons. The molecule has 0 saturated carbocycles. The highest BCUT2D eigenvalue weighted by molar-refractivity contribution is 5.99. The van der Waals surface area contributed by atoms with Gasteiger partial charge >= 0.3 is 0 Å². The standard InChI is InChI=1S/C38H34N8O4/c39-45-43-15-17-47-19-21-49-31-11-7-27(8-12-31)33-5-1-3-29-23-37(41-25-35(29)33)38-24-30-4-2-6-34(36(30)26-42-38)28-9-13-32(14-10-28)50-22-20-48-18-16-44-46-40/h1-14,23-26H,15-22H2. The number of hydrogen-bond acceptors (Lipinski definition) is 8. The number of nitrogens with zero attached hydrogens (tertiary/aromatic N) is 8. The van der Waals surface area contributed by atoms with E-state index in [1.54, 1.807) is 0 Å². The van der Waals surface area contributed by atoms with Crippen LogP contribution in [-0.4, -0.2) is 62.7 Å². The van der Waals surface area contributed by atoms with E-state index in [0.717, 1.165) is 66.7 Å². The lowest BCUT2D eigenvalue weighted by Crippen LogP contribution is -2.08. The minimum atomic E-state index is 0.308. The number of hydrogen-bond donors (Lipinski definition) is 0. The Morgan fingerprint density at radius 1 is 0.520 bits per heavy atom. The smallest absolute Gasteiger partial charge is 0.119 e. The van der Waals surface area contributed by atoms with Gasteiger partial charge in [0.15, 0.2) is 0 Å². The van der Waals surface area contributed by atoms with Gasteiger partial charge in [-0.3, -0.25) is 9.97 Å². The van der Waals surface area contributed by atoms with Crippen LogP contribution in [0.2, 0.25) is 0 Å². The van der Waals surface area contributed by atoms with Crippen LogP contribution in [0.25, 0.3) is 76.1 Å². The van der Waals surface area contributed by atoms with Crippen LogP contribution in [0, 0.1) is 0 Å². The van der Waals surface area contributed by atoms with Gasteiger partial charge in [0.2, 0.25) is 0 Å². The van der Waals surface area contributed by atoms with Gasteiger partial charge in [0, 0.05) is 46.1 Å². The number of ether oxygens (including phenoxy) is 4. The lowest BCUT2D eigenvalue weighted by molar-refractivity contribution is 0.106. The molecule has 12 nitrogen and oxygen atoms in total. The Hall–Kier alpha value is -6.16. The second-order valence-corrected chi connectivity index (χ2v) is 11.1. The quantitative estimate of drug-likeness (QED) is 0.0408. The highest BCUT2D eigenvalue weighted by Crippen LogP contribution is 2.34. The molecule has 0 bridgehead atoms. The Bertz CT molecular complexity index is 1990. The van der Waals surface area contributed by atoms with Crippen molar-refractivity contribution in [1.82, 2.24) is 9.97 Å². The van der Waals surface area contributed by atoms with Crippen LogP contribution in [-0.2, 0) is 9.47 Å². The maximum absolute atomic E-state index is 8.31. The summed E-state index contributed by atoms with van der Waals surface area (Å²) in [4.78, 5) is 15.1. The van der Waals surface area contributed by atoms with E-state index in [1.165, 1.54) is 0 Å². The number of pyridine rings is 2. The molecule has 50 heavy (non-hydrogen) atoms. The Balaban J connectivity index is 1.12. The third-order valence-electron chi connectivity index (χ3n) is 7.91. The minimum absolute atomic E-state index is 0.308. The summed E-state index contributed by atoms with van der Waals surface area (Å²) < 4.78 is 22.4. The van der Waals surface area contributed by atoms with E-state index < -0.39 is 0 Å². The van der Waals surface area contributed by atoms with Gasteiger partial charge in [0.25, 0.3) is 0 Å². The average molecular weight is 667 g/mol. The van der Waals surface area contributed by atoms with Crippen molar-refractivity contribution in [2.45, 2.75) is 0 Å². The first-order valence-electron chi connectivity index (χ1n) is 16.1. The summed E-state index contributed by atoms with van der Waals surface area (Å²) in [6.07, 6.45) is 3.83. The monoisotopic (exact) mass is 666 g/mol. The number of benzene rings is 4. The fourth-order valence-corrected chi connectivity index (χ4v) is 5.53. The third kappa shape index (κ3) is 8.65. The molecule has 0 amide bonds. The molecule has 2 heterocycles. The van der Waals surface area contributed by atoms with Crippen LogP contribution in [0.15, 0.2) is 120 Å². The van der Waals surface area contributed by atoms with Gasteiger partial charge < -0.3 is 18.9 Å². The number of fused-ring (bicyclic) bond motifs is 2. The summed E-state index contributed by atoms with van der Waals surface area (Å²) >= 11 is 0. The minimum Gasteiger partial charge on any atom is -0.491 e. The lowest BCUT2D eigenvalue weighted by atomic mass is 9.98. The largest absolute Gasteiger partial charge is 0.491 e. The van der Waals surface area contributed by atoms with E-state index in [-0.39, 0.29) is 0 Å². The van der Waals surface area contributed by atoms with Crippen molar-refractivity contribution in [3.05, 3.63) is 130 Å². The maximum Gasteiger partial charge on any atom is 0.119 e. The van der Waals surface area contributed by atoms with E-state index in [2.05, 4.69) is 68.6 Å². The normalized spacial score (nSPS) is 10.8. The van der Waals surface area contributed by atoms with Gasteiger partial charge in [-0.2, -0.15) is 0 Å². The molecule has 0 spiro atoms. The molecule has 0 N–H and O–H groups in total. The molecule has 250 valence electrons. The Morgan fingerprint density at radius 3 is 1.38 bits per heavy atom. The first-order chi connectivity index (χ1) is 24.7. The topological polar surface area (TPSA) is 160 Å². The zero-order chi connectivity index (χ0) is 34.4. The Kier molecular flexibility index (Phi) is 11.7. The van der Waals surface area contributed by atoms with Crippen LogP contribution in [0.1, 0.15) is 0 Å². The first-order valence-corrected chi connectivity index (χ1v) is 16.1. The molecule has 6 rings (SSSR count). The average Bonchev–Trinajstić information content (AvgIpc) is 3.17. The van der Waals surface area contributed by atoms with Gasteiger partial charge in [0.1, 0.15) is 24.7 Å². The Labute approximate surface area is 288 Å². The van der Waals surface area contributed by atoms with Crippen LogP contribution in [0.5, 0.6) is 11.5 Å². The van der Waals surface area contributed by atoms with Crippen molar-refractivity contribution in [2.24, 2.45) is 10.2 Å². The zero-order valence-corrected chi connectivity index (χ0v) is 27.3. The van der Waals surface area contributed by atoms with Crippen LogP contribution < -0.4 is 9.47 Å². The van der Waals surface area contributed by atoms with Crippen molar-refractivity contribution in [1.29, 1.82) is 0 Å². The molecule has 12 heteroatoms. The highest BCUT2D eigenvalue weighted by Gasteiger charge is 2.11. The van der Waals surface area contributed by atoms with E-state index in [4.69, 9.17) is 40.0 Å². The lowest BCUT2D eigenvalue weighted by Gasteiger charge is -2.11. The molecule has 0 atom stereocenters. The predicted octanol–water partition coefficient (Wildman–Crippen LogP) is 9.20. The summed E-state index contributed by atoms with van der Waals surface area (Å²) in [5, 5.41) is 11.1. The van der Waals surface area contributed by atoms with E-state index in [1.807, 2.05) is 60.9 Å². The number of rotatable bonds is 17. The summed E-state index contributed by atoms with van der Waals surface area (Å²) in [7, 11) is 0. The zero-order valence-electron chi connectivity index (χ0n) is 27.3. The van der Waals surface area contributed by atoms with Crippen LogP contribution in [0.4, 0.5) is 0 Å². The molecule has 6 aromatic rings. The molecule has 0 aliphatic heterocycles. The highest BCUT2D eigenvalue weighted by atomic mass is 16.5. The number of aromatic nitrogens is 2. The Morgan fingerprint density at radius 2 is 0.960 bits per heavy atom. The van der Waals surface area contributed by atoms with Crippen molar-refractivity contribution in [3.63, 3.8) is 0 Å². The van der Waals surface area contributed by atoms with Gasteiger partial charge in [-0.25, -0.2) is 0 Å². The van der Waals surface area contributed by atoms with Crippen LogP contribution in [0.3, 0.4) is 0 Å². The summed E-state index contributed by atoms with van der Waals surface area (Å²) in [6.45, 7) is 3.00. The number of azide groups is 2. The first kappa shape index (κ1) is 33.7. The molecule has 0 aliphatic carbocycles. The van der Waals surface area contributed by atoms with Crippen LogP contribution >= 0.6 is 0 Å². The van der Waals surface area contributed by atoms with Gasteiger partial charge in [-0.05, 0) is 80.5 Å². The summed E-state index contributed by atoms with van der Waals surface area (Å²) in [5.74, 6) is 1.51. The molecule has 0 unspecified atom stereocenters. The fraction of sp³-hybridized carbons (Fsp3) is 0.211. The van der Waals surface area contributed by atoms with Crippen molar-refractivity contribution in [2.75, 3.05) is 52.7 Å². The molecule has 2 aromatic heterocycles. The van der Waals surface area contributed by atoms with Gasteiger partial charge in [-0.1, -0.05) is 70.9 Å². The summed E-state index contributed by atoms with van der Waals surface area (Å²) in [6, 6.07) is 32.6. The molecular formula is C38H34N8O4. The summed E-state index contributed by atoms with van der Waals surface area (Å²) in [5.41, 5.74) is 22.5. The van der Waals surface area contributed by atoms with Gasteiger partial charge in [-0.15, -0.1) is 0 Å². The molecule has 0 fully saturated rings. The molecule has 4 aromatic carbocycles. The predicted molar refractivity (Wildman–Crippen MR) is 194 cm³/mol. The van der Waals surface area contributed by atoms with Crippen molar-refractivity contribution < 1.29 is 18.9 Å². The molecular weight excluding hydrogens is 632 g/mol. The van der Waals surface area contributed by atoms with Crippen molar-refractivity contribution >= 4 is 21.5 Å². The fourth-order valence-electron chi connectivity index (χ4n) is 5.53. The van der Waals surface area contributed by atoms with E-state index in [0.29, 0.717) is 52.7 Å². The molecule has 0 aliphatic rings. The van der Waals surface area contributed by atoms with E-state index in [9.17, 15) is 0 Å². The third-order valence-corrected chi connectivity index (χ3v) is 7.91. The second-order valence-electron chi connectivity index (χ2n) is 11.1. The van der Waals surface area contributed by atoms with Gasteiger partial charge in [0.05, 0.1) is 37.8 Å². The SMILES string of the molecule is [N-]=[N+]=NCCOCCOc1ccc(-c2cccc3cc(-c4cc5cccc(-c6ccc(OCCOCCN=[N+]=[N-])cc6)c5cn4)ncc23)cc1. The van der Waals surface area contributed by atoms with Crippen molar-refractivity contribution in [3.8, 4) is 45.1 Å². The molecule has 0 saturated heterocycles. The maximum atomic E-state index is 8.31. The van der Waals surface area contributed by atoms with E-state index >= 15 is 0 Å².